The van der Waals surface area contributed by atoms with E-state index in [1.165, 1.54) is 0 Å². The number of aliphatic hydroxyl groups excluding tert-OH is 1. The monoisotopic (exact) mass is 237 g/mol. The first kappa shape index (κ1) is 12.9. The molecule has 0 amide bonds. The Morgan fingerprint density at radius 1 is 1.25 bits per heavy atom. The average molecular weight is 237 g/mol. The van der Waals surface area contributed by atoms with Gasteiger partial charge in [0.1, 0.15) is 5.82 Å². The first-order valence-electron chi connectivity index (χ1n) is 4.57. The SMILES string of the molecule is NCC(CO)c1cc(F)cc(C(F)(F)F)c1. The highest BCUT2D eigenvalue weighted by Gasteiger charge is 2.31. The molecule has 2 nitrogen and oxygen atoms in total. The van der Waals surface area contributed by atoms with Crippen molar-refractivity contribution in [1.29, 1.82) is 0 Å². The van der Waals surface area contributed by atoms with E-state index in [1.54, 1.807) is 0 Å². The third kappa shape index (κ3) is 2.93. The second kappa shape index (κ2) is 4.80. The van der Waals surface area contributed by atoms with Gasteiger partial charge in [0.2, 0.25) is 0 Å². The maximum absolute atomic E-state index is 13.0. The van der Waals surface area contributed by atoms with Crippen molar-refractivity contribution < 1.29 is 22.7 Å². The summed E-state index contributed by atoms with van der Waals surface area (Å²) in [5.41, 5.74) is 4.24. The minimum atomic E-state index is -4.61. The highest BCUT2D eigenvalue weighted by molar-refractivity contribution is 5.29. The summed E-state index contributed by atoms with van der Waals surface area (Å²) in [7, 11) is 0. The molecule has 0 heterocycles. The first-order valence-corrected chi connectivity index (χ1v) is 4.57. The van der Waals surface area contributed by atoms with Crippen LogP contribution in [0.3, 0.4) is 0 Å². The average Bonchev–Trinajstić information content (AvgIpc) is 2.17. The van der Waals surface area contributed by atoms with Crippen LogP contribution in [0.2, 0.25) is 0 Å². The Morgan fingerprint density at radius 3 is 2.31 bits per heavy atom. The molecular weight excluding hydrogens is 226 g/mol. The summed E-state index contributed by atoms with van der Waals surface area (Å²) in [6.07, 6.45) is -4.61. The van der Waals surface area contributed by atoms with Crippen LogP contribution in [0.4, 0.5) is 17.6 Å². The molecule has 0 aliphatic rings. The summed E-state index contributed by atoms with van der Waals surface area (Å²) in [4.78, 5) is 0. The van der Waals surface area contributed by atoms with Crippen LogP contribution >= 0.6 is 0 Å². The fourth-order valence-corrected chi connectivity index (χ4v) is 1.33. The number of hydrogen-bond donors (Lipinski definition) is 2. The summed E-state index contributed by atoms with van der Waals surface area (Å²) in [5.74, 6) is -1.67. The Morgan fingerprint density at radius 2 is 1.88 bits per heavy atom. The van der Waals surface area contributed by atoms with Crippen molar-refractivity contribution >= 4 is 0 Å². The van der Waals surface area contributed by atoms with Gasteiger partial charge >= 0.3 is 6.18 Å². The van der Waals surface area contributed by atoms with E-state index < -0.39 is 30.1 Å². The van der Waals surface area contributed by atoms with Gasteiger partial charge in [-0.25, -0.2) is 4.39 Å². The summed E-state index contributed by atoms with van der Waals surface area (Å²) < 4.78 is 50.0. The second-order valence-electron chi connectivity index (χ2n) is 3.39. The molecule has 0 fully saturated rings. The van der Waals surface area contributed by atoms with Crippen LogP contribution in [-0.2, 0) is 6.18 Å². The zero-order chi connectivity index (χ0) is 12.3. The van der Waals surface area contributed by atoms with E-state index in [4.69, 9.17) is 10.8 Å². The van der Waals surface area contributed by atoms with Gasteiger partial charge < -0.3 is 10.8 Å². The molecule has 90 valence electrons. The minimum Gasteiger partial charge on any atom is -0.396 e. The summed E-state index contributed by atoms with van der Waals surface area (Å²) >= 11 is 0. The zero-order valence-corrected chi connectivity index (χ0v) is 8.26. The van der Waals surface area contributed by atoms with Crippen LogP contribution in [0.5, 0.6) is 0 Å². The number of halogens is 4. The highest BCUT2D eigenvalue weighted by atomic mass is 19.4. The maximum atomic E-state index is 13.0. The molecule has 1 aromatic carbocycles. The predicted octanol–water partition coefficient (Wildman–Crippen LogP) is 1.88. The minimum absolute atomic E-state index is 0.0444. The van der Waals surface area contributed by atoms with Gasteiger partial charge in [0.05, 0.1) is 12.2 Å². The molecule has 1 unspecified atom stereocenters. The van der Waals surface area contributed by atoms with Crippen molar-refractivity contribution in [3.05, 3.63) is 35.1 Å². The molecule has 1 atom stereocenters. The van der Waals surface area contributed by atoms with E-state index in [1.807, 2.05) is 0 Å². The number of nitrogens with two attached hydrogens (primary N) is 1. The Kier molecular flexibility index (Phi) is 3.88. The lowest BCUT2D eigenvalue weighted by Crippen LogP contribution is -2.17. The van der Waals surface area contributed by atoms with Crippen molar-refractivity contribution in [2.45, 2.75) is 12.1 Å². The third-order valence-corrected chi connectivity index (χ3v) is 2.22. The quantitative estimate of drug-likeness (QED) is 0.788. The lowest BCUT2D eigenvalue weighted by Gasteiger charge is -2.14. The zero-order valence-electron chi connectivity index (χ0n) is 8.26. The predicted molar refractivity (Wildman–Crippen MR) is 50.3 cm³/mol. The topological polar surface area (TPSA) is 46.2 Å². The van der Waals surface area contributed by atoms with Gasteiger partial charge in [-0.2, -0.15) is 13.2 Å². The van der Waals surface area contributed by atoms with Crippen molar-refractivity contribution in [3.8, 4) is 0 Å². The molecular formula is C10H11F4NO. The lowest BCUT2D eigenvalue weighted by atomic mass is 9.98. The second-order valence-corrected chi connectivity index (χ2v) is 3.39. The van der Waals surface area contributed by atoms with Crippen LogP contribution in [0.1, 0.15) is 17.0 Å². The van der Waals surface area contributed by atoms with Crippen molar-refractivity contribution in [2.24, 2.45) is 5.73 Å². The standard InChI is InChI=1S/C10H11F4NO/c11-9-2-6(7(4-15)5-16)1-8(3-9)10(12,13)14/h1-3,7,16H,4-5,15H2. The summed E-state index contributed by atoms with van der Waals surface area (Å²) in [5, 5.41) is 8.88. The van der Waals surface area contributed by atoms with Gasteiger partial charge in [0, 0.05) is 12.5 Å². The maximum Gasteiger partial charge on any atom is 0.416 e. The molecule has 0 aliphatic carbocycles. The number of benzene rings is 1. The number of rotatable bonds is 3. The van der Waals surface area contributed by atoms with Crippen LogP contribution in [-0.4, -0.2) is 18.3 Å². The van der Waals surface area contributed by atoms with Crippen molar-refractivity contribution in [2.75, 3.05) is 13.2 Å². The van der Waals surface area contributed by atoms with Gasteiger partial charge in [0.15, 0.2) is 0 Å². The Bertz CT molecular complexity index is 360. The fraction of sp³-hybridized carbons (Fsp3) is 0.400. The fourth-order valence-electron chi connectivity index (χ4n) is 1.33. The van der Waals surface area contributed by atoms with E-state index in [2.05, 4.69) is 0 Å². The van der Waals surface area contributed by atoms with E-state index in [-0.39, 0.29) is 12.1 Å². The Hall–Kier alpha value is -1.14. The van der Waals surface area contributed by atoms with Crippen LogP contribution < -0.4 is 5.73 Å². The van der Waals surface area contributed by atoms with Gasteiger partial charge in [-0.3, -0.25) is 0 Å². The van der Waals surface area contributed by atoms with Crippen molar-refractivity contribution in [3.63, 3.8) is 0 Å². The molecule has 3 N–H and O–H groups in total. The normalized spacial score (nSPS) is 13.9. The largest absolute Gasteiger partial charge is 0.416 e. The number of hydrogen-bond acceptors (Lipinski definition) is 2. The summed E-state index contributed by atoms with van der Waals surface area (Å²) in [6.45, 7) is -0.464. The van der Waals surface area contributed by atoms with Gasteiger partial charge in [-0.15, -0.1) is 0 Å². The van der Waals surface area contributed by atoms with E-state index in [0.717, 1.165) is 12.1 Å². The number of alkyl halides is 3. The molecule has 0 radical (unpaired) electrons. The molecule has 6 heteroatoms. The molecule has 0 aromatic heterocycles. The van der Waals surface area contributed by atoms with Crippen molar-refractivity contribution in [1.82, 2.24) is 0 Å². The van der Waals surface area contributed by atoms with E-state index in [9.17, 15) is 17.6 Å². The Labute approximate surface area is 89.7 Å². The van der Waals surface area contributed by atoms with Crippen LogP contribution in [0.25, 0.3) is 0 Å². The molecule has 0 bridgehead atoms. The third-order valence-electron chi connectivity index (χ3n) is 2.22. The molecule has 0 saturated heterocycles. The molecule has 0 spiro atoms. The smallest absolute Gasteiger partial charge is 0.396 e. The lowest BCUT2D eigenvalue weighted by molar-refractivity contribution is -0.137. The van der Waals surface area contributed by atoms with Gasteiger partial charge in [0.25, 0.3) is 0 Å². The van der Waals surface area contributed by atoms with E-state index in [0.29, 0.717) is 6.07 Å². The summed E-state index contributed by atoms with van der Waals surface area (Å²) in [6, 6.07) is 2.16. The highest BCUT2D eigenvalue weighted by Crippen LogP contribution is 2.31. The molecule has 1 rings (SSSR count). The van der Waals surface area contributed by atoms with Gasteiger partial charge in [-0.1, -0.05) is 0 Å². The van der Waals surface area contributed by atoms with Gasteiger partial charge in [-0.05, 0) is 23.8 Å². The molecule has 16 heavy (non-hydrogen) atoms. The van der Waals surface area contributed by atoms with Crippen LogP contribution in [0.15, 0.2) is 18.2 Å². The molecule has 1 aromatic rings. The molecule has 0 aliphatic heterocycles. The molecule has 0 saturated carbocycles. The first-order chi connectivity index (χ1) is 7.38. The van der Waals surface area contributed by atoms with E-state index >= 15 is 0 Å². The number of aliphatic hydroxyl groups is 1. The van der Waals surface area contributed by atoms with Crippen LogP contribution in [0, 0.1) is 5.82 Å². The Balaban J connectivity index is 3.17.